The van der Waals surface area contributed by atoms with Crippen LogP contribution in [0.1, 0.15) is 32.1 Å². The Balaban J connectivity index is 1.64. The molecule has 1 aromatic carbocycles. The van der Waals surface area contributed by atoms with Gasteiger partial charge in [0.15, 0.2) is 0 Å². The molecular formula is C16H21BrN2O. The number of halogens is 1. The minimum atomic E-state index is 0.133. The molecule has 2 bridgehead atoms. The van der Waals surface area contributed by atoms with Crippen LogP contribution < -0.4 is 11.1 Å². The van der Waals surface area contributed by atoms with E-state index in [9.17, 15) is 4.79 Å². The summed E-state index contributed by atoms with van der Waals surface area (Å²) in [6.07, 6.45) is 5.59. The Morgan fingerprint density at radius 3 is 2.35 bits per heavy atom. The lowest BCUT2D eigenvalue weighted by molar-refractivity contribution is -0.122. The monoisotopic (exact) mass is 336 g/mol. The van der Waals surface area contributed by atoms with Gasteiger partial charge in [0.25, 0.3) is 0 Å². The molecule has 0 aromatic heterocycles. The molecule has 2 fully saturated rings. The Labute approximate surface area is 128 Å². The van der Waals surface area contributed by atoms with E-state index in [0.29, 0.717) is 17.9 Å². The van der Waals surface area contributed by atoms with Crippen molar-refractivity contribution >= 4 is 27.5 Å². The smallest absolute Gasteiger partial charge is 0.227 e. The highest BCUT2D eigenvalue weighted by Gasteiger charge is 2.40. The molecule has 4 heteroatoms. The van der Waals surface area contributed by atoms with E-state index in [4.69, 9.17) is 5.73 Å². The van der Waals surface area contributed by atoms with Crippen LogP contribution in [-0.2, 0) is 4.79 Å². The van der Waals surface area contributed by atoms with Gasteiger partial charge >= 0.3 is 0 Å². The third-order valence-electron chi connectivity index (χ3n) is 4.90. The SMILES string of the molecule is NC1C2CCCC1CC(C(=O)Nc1ccc(Br)cc1)C2. The minimum Gasteiger partial charge on any atom is -0.327 e. The largest absolute Gasteiger partial charge is 0.327 e. The van der Waals surface area contributed by atoms with Crippen LogP contribution in [-0.4, -0.2) is 11.9 Å². The molecule has 20 heavy (non-hydrogen) atoms. The summed E-state index contributed by atoms with van der Waals surface area (Å²) in [5, 5.41) is 3.04. The zero-order valence-electron chi connectivity index (χ0n) is 11.5. The Morgan fingerprint density at radius 2 is 1.75 bits per heavy atom. The molecule has 2 unspecified atom stereocenters. The van der Waals surface area contributed by atoms with Crippen molar-refractivity contribution in [3.63, 3.8) is 0 Å². The zero-order chi connectivity index (χ0) is 14.1. The number of amides is 1. The number of carbonyl (C=O) groups excluding carboxylic acids is 1. The maximum absolute atomic E-state index is 12.4. The number of hydrogen-bond acceptors (Lipinski definition) is 2. The second-order valence-electron chi connectivity index (χ2n) is 6.19. The highest BCUT2D eigenvalue weighted by atomic mass is 79.9. The van der Waals surface area contributed by atoms with E-state index in [1.54, 1.807) is 0 Å². The molecule has 1 amide bonds. The van der Waals surface area contributed by atoms with Gasteiger partial charge in [-0.3, -0.25) is 4.79 Å². The highest BCUT2D eigenvalue weighted by molar-refractivity contribution is 9.10. The van der Waals surface area contributed by atoms with Crippen molar-refractivity contribution in [1.82, 2.24) is 0 Å². The molecule has 0 spiro atoms. The van der Waals surface area contributed by atoms with Crippen molar-refractivity contribution in [2.45, 2.75) is 38.1 Å². The molecule has 108 valence electrons. The Bertz CT molecular complexity index is 474. The predicted octanol–water partition coefficient (Wildman–Crippen LogP) is 3.54. The standard InChI is InChI=1S/C16H21BrN2O/c17-13-4-6-14(7-5-13)19-16(20)12-8-10-2-1-3-11(9-12)15(10)18/h4-7,10-12,15H,1-3,8-9,18H2,(H,19,20). The predicted molar refractivity (Wildman–Crippen MR) is 84.3 cm³/mol. The van der Waals surface area contributed by atoms with E-state index in [-0.39, 0.29) is 11.8 Å². The van der Waals surface area contributed by atoms with Crippen LogP contribution in [0.15, 0.2) is 28.7 Å². The molecular weight excluding hydrogens is 316 g/mol. The van der Waals surface area contributed by atoms with Crippen LogP contribution in [0.3, 0.4) is 0 Å². The number of nitrogens with two attached hydrogens (primary N) is 1. The first-order chi connectivity index (χ1) is 9.63. The van der Waals surface area contributed by atoms with Crippen molar-refractivity contribution < 1.29 is 4.79 Å². The number of hydrogen-bond donors (Lipinski definition) is 2. The molecule has 2 atom stereocenters. The van der Waals surface area contributed by atoms with Gasteiger partial charge in [-0.25, -0.2) is 0 Å². The Kier molecular flexibility index (Phi) is 4.13. The number of carbonyl (C=O) groups is 1. The summed E-state index contributed by atoms with van der Waals surface area (Å²) < 4.78 is 1.02. The number of benzene rings is 1. The van der Waals surface area contributed by atoms with Gasteiger partial charge in [-0.2, -0.15) is 0 Å². The molecule has 2 saturated carbocycles. The summed E-state index contributed by atoms with van der Waals surface area (Å²) in [6.45, 7) is 0. The fraction of sp³-hybridized carbons (Fsp3) is 0.562. The van der Waals surface area contributed by atoms with Crippen LogP contribution in [0.25, 0.3) is 0 Å². The third-order valence-corrected chi connectivity index (χ3v) is 5.42. The first-order valence-corrected chi connectivity index (χ1v) is 8.25. The molecule has 2 aliphatic carbocycles. The minimum absolute atomic E-state index is 0.133. The topological polar surface area (TPSA) is 55.1 Å². The Morgan fingerprint density at radius 1 is 1.15 bits per heavy atom. The molecule has 2 aliphatic rings. The van der Waals surface area contributed by atoms with E-state index >= 15 is 0 Å². The van der Waals surface area contributed by atoms with Crippen molar-refractivity contribution in [3.8, 4) is 0 Å². The van der Waals surface area contributed by atoms with E-state index in [1.165, 1.54) is 19.3 Å². The summed E-state index contributed by atoms with van der Waals surface area (Å²) in [5.74, 6) is 1.39. The third kappa shape index (κ3) is 2.91. The van der Waals surface area contributed by atoms with E-state index in [0.717, 1.165) is 23.0 Å². The van der Waals surface area contributed by atoms with Crippen LogP contribution in [0.4, 0.5) is 5.69 Å². The van der Waals surface area contributed by atoms with Crippen molar-refractivity contribution in [1.29, 1.82) is 0 Å². The quantitative estimate of drug-likeness (QED) is 0.867. The average molecular weight is 337 g/mol. The number of anilines is 1. The lowest BCUT2D eigenvalue weighted by atomic mass is 9.65. The van der Waals surface area contributed by atoms with Crippen molar-refractivity contribution in [2.24, 2.45) is 23.5 Å². The summed E-state index contributed by atoms with van der Waals surface area (Å²) in [6, 6.07) is 8.07. The van der Waals surface area contributed by atoms with Gasteiger partial charge in [-0.05, 0) is 61.8 Å². The molecule has 3 N–H and O–H groups in total. The summed E-state index contributed by atoms with van der Waals surface area (Å²) >= 11 is 3.40. The lowest BCUT2D eigenvalue weighted by Crippen LogP contribution is -2.48. The van der Waals surface area contributed by atoms with Crippen molar-refractivity contribution in [3.05, 3.63) is 28.7 Å². The van der Waals surface area contributed by atoms with E-state index in [2.05, 4.69) is 21.2 Å². The first kappa shape index (κ1) is 14.1. The average Bonchev–Trinajstić information content (AvgIpc) is 2.41. The van der Waals surface area contributed by atoms with E-state index in [1.807, 2.05) is 24.3 Å². The van der Waals surface area contributed by atoms with Crippen molar-refractivity contribution in [2.75, 3.05) is 5.32 Å². The summed E-state index contributed by atoms with van der Waals surface area (Å²) in [5.41, 5.74) is 7.15. The van der Waals surface area contributed by atoms with Gasteiger partial charge in [-0.1, -0.05) is 22.4 Å². The fourth-order valence-electron chi connectivity index (χ4n) is 3.78. The van der Waals surface area contributed by atoms with E-state index < -0.39 is 0 Å². The number of rotatable bonds is 2. The molecule has 0 radical (unpaired) electrons. The maximum Gasteiger partial charge on any atom is 0.227 e. The molecule has 3 rings (SSSR count). The normalized spacial score (nSPS) is 32.7. The van der Waals surface area contributed by atoms with Gasteiger partial charge in [-0.15, -0.1) is 0 Å². The summed E-state index contributed by atoms with van der Waals surface area (Å²) in [7, 11) is 0. The highest BCUT2D eigenvalue weighted by Crippen LogP contribution is 2.42. The first-order valence-electron chi connectivity index (χ1n) is 7.45. The van der Waals surface area contributed by atoms with Gasteiger partial charge in [0.05, 0.1) is 0 Å². The molecule has 1 aromatic rings. The van der Waals surface area contributed by atoms with Gasteiger partial charge in [0.1, 0.15) is 0 Å². The van der Waals surface area contributed by atoms with Gasteiger partial charge < -0.3 is 11.1 Å². The Hall–Kier alpha value is -0.870. The number of nitrogens with one attached hydrogen (secondary N) is 1. The van der Waals surface area contributed by atoms with Crippen LogP contribution >= 0.6 is 15.9 Å². The second kappa shape index (κ2) is 5.86. The number of fused-ring (bicyclic) bond motifs is 2. The van der Waals surface area contributed by atoms with Crippen LogP contribution in [0.5, 0.6) is 0 Å². The second-order valence-corrected chi connectivity index (χ2v) is 7.11. The molecule has 3 nitrogen and oxygen atoms in total. The lowest BCUT2D eigenvalue weighted by Gasteiger charge is -2.43. The van der Waals surface area contributed by atoms with Gasteiger partial charge in [0.2, 0.25) is 5.91 Å². The van der Waals surface area contributed by atoms with Gasteiger partial charge in [0, 0.05) is 22.1 Å². The van der Waals surface area contributed by atoms with Crippen LogP contribution in [0, 0.1) is 17.8 Å². The maximum atomic E-state index is 12.4. The fourth-order valence-corrected chi connectivity index (χ4v) is 4.05. The molecule has 0 aliphatic heterocycles. The van der Waals surface area contributed by atoms with Crippen LogP contribution in [0.2, 0.25) is 0 Å². The molecule has 0 saturated heterocycles. The zero-order valence-corrected chi connectivity index (χ0v) is 13.1. The summed E-state index contributed by atoms with van der Waals surface area (Å²) in [4.78, 5) is 12.4. The molecule has 0 heterocycles.